The number of anilines is 2. The summed E-state index contributed by atoms with van der Waals surface area (Å²) >= 11 is 5.64. The zero-order chi connectivity index (χ0) is 25.3. The second-order valence-electron chi connectivity index (χ2n) is 7.72. The summed E-state index contributed by atoms with van der Waals surface area (Å²) in [6, 6.07) is 16.8. The molecule has 11 heteroatoms. The standard InChI is InChI=1S/C25H16ClF3N6O/c26-20-5-4-18(13-19(20)25(27,28)29)33-24(36)32-17-3-1-2-16(12-17)22-8-11-31-23-14-21(34-35(22)23)15-6-9-30-10-7-15/h1-14H,(H2,32,33,36). The Morgan fingerprint density at radius 3 is 2.36 bits per heavy atom. The van der Waals surface area contributed by atoms with Crippen LogP contribution >= 0.6 is 11.6 Å². The van der Waals surface area contributed by atoms with E-state index >= 15 is 0 Å². The van der Waals surface area contributed by atoms with E-state index in [0.29, 0.717) is 11.3 Å². The monoisotopic (exact) mass is 508 g/mol. The van der Waals surface area contributed by atoms with E-state index in [1.54, 1.807) is 47.4 Å². The maximum Gasteiger partial charge on any atom is 0.417 e. The van der Waals surface area contributed by atoms with Crippen LogP contribution in [0.1, 0.15) is 5.56 Å². The van der Waals surface area contributed by atoms with Crippen LogP contribution in [0.25, 0.3) is 28.2 Å². The average molecular weight is 509 g/mol. The van der Waals surface area contributed by atoms with Crippen molar-refractivity contribution in [3.8, 4) is 22.5 Å². The second kappa shape index (κ2) is 9.31. The smallest absolute Gasteiger partial charge is 0.308 e. The third-order valence-electron chi connectivity index (χ3n) is 5.28. The summed E-state index contributed by atoms with van der Waals surface area (Å²) in [5.74, 6) is 0. The topological polar surface area (TPSA) is 84.2 Å². The van der Waals surface area contributed by atoms with Gasteiger partial charge in [-0.15, -0.1) is 0 Å². The molecule has 7 nitrogen and oxygen atoms in total. The molecule has 5 aromatic rings. The van der Waals surface area contributed by atoms with Crippen LogP contribution in [-0.2, 0) is 6.18 Å². The number of pyridine rings is 1. The Labute approximate surface area is 207 Å². The van der Waals surface area contributed by atoms with Gasteiger partial charge >= 0.3 is 12.2 Å². The van der Waals surface area contributed by atoms with Crippen molar-refractivity contribution in [2.75, 3.05) is 10.6 Å². The molecule has 0 saturated heterocycles. The molecule has 0 aliphatic carbocycles. The summed E-state index contributed by atoms with van der Waals surface area (Å²) in [6.07, 6.45) is 0.386. The number of alkyl halides is 3. The van der Waals surface area contributed by atoms with Gasteiger partial charge in [-0.25, -0.2) is 14.3 Å². The summed E-state index contributed by atoms with van der Waals surface area (Å²) < 4.78 is 41.0. The minimum atomic E-state index is -4.64. The molecular weight excluding hydrogens is 493 g/mol. The van der Waals surface area contributed by atoms with Gasteiger partial charge in [-0.2, -0.15) is 18.3 Å². The number of halogens is 4. The number of hydrogen-bond donors (Lipinski definition) is 2. The van der Waals surface area contributed by atoms with Crippen molar-refractivity contribution in [1.29, 1.82) is 0 Å². The number of nitrogens with zero attached hydrogens (tertiary/aromatic N) is 4. The summed E-state index contributed by atoms with van der Waals surface area (Å²) in [5, 5.41) is 9.25. The van der Waals surface area contributed by atoms with E-state index in [1.807, 2.05) is 24.3 Å². The first-order chi connectivity index (χ1) is 17.3. The van der Waals surface area contributed by atoms with E-state index in [9.17, 15) is 18.0 Å². The molecule has 0 fully saturated rings. The third-order valence-corrected chi connectivity index (χ3v) is 5.61. The first-order valence-electron chi connectivity index (χ1n) is 10.6. The molecule has 3 aromatic heterocycles. The minimum Gasteiger partial charge on any atom is -0.308 e. The normalized spacial score (nSPS) is 11.4. The van der Waals surface area contributed by atoms with E-state index in [4.69, 9.17) is 11.6 Å². The maximum atomic E-state index is 13.1. The minimum absolute atomic E-state index is 0.0450. The number of urea groups is 1. The fourth-order valence-electron chi connectivity index (χ4n) is 3.65. The Morgan fingerprint density at radius 2 is 1.61 bits per heavy atom. The number of aromatic nitrogens is 4. The van der Waals surface area contributed by atoms with Gasteiger partial charge in [0.15, 0.2) is 5.65 Å². The fraction of sp³-hybridized carbons (Fsp3) is 0.0400. The lowest BCUT2D eigenvalue weighted by molar-refractivity contribution is -0.137. The highest BCUT2D eigenvalue weighted by atomic mass is 35.5. The number of carbonyl (C=O) groups is 1. The van der Waals surface area contributed by atoms with Gasteiger partial charge < -0.3 is 10.6 Å². The number of hydrogen-bond acceptors (Lipinski definition) is 4. The van der Waals surface area contributed by atoms with E-state index in [0.717, 1.165) is 34.6 Å². The second-order valence-corrected chi connectivity index (χ2v) is 8.13. The molecule has 5 rings (SSSR count). The van der Waals surface area contributed by atoms with Gasteiger partial charge in [-0.05, 0) is 48.5 Å². The molecule has 0 radical (unpaired) electrons. The zero-order valence-corrected chi connectivity index (χ0v) is 19.0. The van der Waals surface area contributed by atoms with Crippen molar-refractivity contribution >= 4 is 34.7 Å². The molecule has 0 unspecified atom stereocenters. The van der Waals surface area contributed by atoms with Crippen molar-refractivity contribution in [1.82, 2.24) is 19.6 Å². The molecule has 2 N–H and O–H groups in total. The van der Waals surface area contributed by atoms with Gasteiger partial charge in [0.1, 0.15) is 0 Å². The maximum absolute atomic E-state index is 13.1. The van der Waals surface area contributed by atoms with Gasteiger partial charge in [-0.3, -0.25) is 4.98 Å². The lowest BCUT2D eigenvalue weighted by atomic mass is 10.1. The SMILES string of the molecule is O=C(Nc1cccc(-c2ccnc3cc(-c4ccncc4)nn23)c1)Nc1ccc(Cl)c(C(F)(F)F)c1. The molecule has 0 saturated carbocycles. The average Bonchev–Trinajstić information content (AvgIpc) is 3.30. The first-order valence-corrected chi connectivity index (χ1v) is 11.0. The predicted octanol–water partition coefficient (Wildman–Crippen LogP) is 6.77. The fourth-order valence-corrected chi connectivity index (χ4v) is 3.87. The highest BCUT2D eigenvalue weighted by Gasteiger charge is 2.33. The third kappa shape index (κ3) is 4.84. The molecule has 0 aliphatic rings. The molecule has 3 heterocycles. The van der Waals surface area contributed by atoms with Gasteiger partial charge in [0.05, 0.1) is 22.0 Å². The number of carbonyl (C=O) groups excluding carboxylic acids is 1. The van der Waals surface area contributed by atoms with E-state index in [-0.39, 0.29) is 5.69 Å². The quantitative estimate of drug-likeness (QED) is 0.280. The van der Waals surface area contributed by atoms with Crippen LogP contribution in [-0.4, -0.2) is 25.6 Å². The van der Waals surface area contributed by atoms with Crippen LogP contribution in [0, 0.1) is 0 Å². The molecule has 0 atom stereocenters. The zero-order valence-electron chi connectivity index (χ0n) is 18.3. The van der Waals surface area contributed by atoms with Crippen LogP contribution < -0.4 is 10.6 Å². The Kier molecular flexibility index (Phi) is 6.03. The van der Waals surface area contributed by atoms with E-state index in [1.165, 1.54) is 6.07 Å². The van der Waals surface area contributed by atoms with Crippen molar-refractivity contribution in [3.63, 3.8) is 0 Å². The number of amides is 2. The summed E-state index contributed by atoms with van der Waals surface area (Å²) in [6.45, 7) is 0. The van der Waals surface area contributed by atoms with Gasteiger partial charge in [0, 0.05) is 47.2 Å². The van der Waals surface area contributed by atoms with Gasteiger partial charge in [0.25, 0.3) is 0 Å². The molecule has 36 heavy (non-hydrogen) atoms. The molecule has 180 valence electrons. The Hall–Kier alpha value is -4.44. The number of nitrogens with one attached hydrogen (secondary N) is 2. The lowest BCUT2D eigenvalue weighted by Crippen LogP contribution is -2.20. The molecule has 0 spiro atoms. The van der Waals surface area contributed by atoms with Crippen molar-refractivity contribution < 1.29 is 18.0 Å². The molecular formula is C25H16ClF3N6O. The Morgan fingerprint density at radius 1 is 0.861 bits per heavy atom. The van der Waals surface area contributed by atoms with Crippen LogP contribution in [0.15, 0.2) is 85.3 Å². The van der Waals surface area contributed by atoms with Gasteiger partial charge in [-0.1, -0.05) is 23.7 Å². The highest BCUT2D eigenvalue weighted by molar-refractivity contribution is 6.31. The highest BCUT2D eigenvalue weighted by Crippen LogP contribution is 2.36. The summed E-state index contributed by atoms with van der Waals surface area (Å²) in [5.41, 5.74) is 3.09. The van der Waals surface area contributed by atoms with E-state index < -0.39 is 22.8 Å². The molecule has 0 bridgehead atoms. The number of benzene rings is 2. The van der Waals surface area contributed by atoms with Crippen LogP contribution in [0.4, 0.5) is 29.3 Å². The van der Waals surface area contributed by atoms with E-state index in [2.05, 4.69) is 25.7 Å². The van der Waals surface area contributed by atoms with Crippen molar-refractivity contribution in [3.05, 3.63) is 95.9 Å². The van der Waals surface area contributed by atoms with Crippen LogP contribution in [0.2, 0.25) is 5.02 Å². The Bertz CT molecular complexity index is 1570. The molecule has 0 aliphatic heterocycles. The number of fused-ring (bicyclic) bond motifs is 1. The largest absolute Gasteiger partial charge is 0.417 e. The molecule has 2 aromatic carbocycles. The van der Waals surface area contributed by atoms with Crippen LogP contribution in [0.3, 0.4) is 0 Å². The summed E-state index contributed by atoms with van der Waals surface area (Å²) in [4.78, 5) is 20.9. The Balaban J connectivity index is 1.39. The molecule has 2 amide bonds. The van der Waals surface area contributed by atoms with Crippen molar-refractivity contribution in [2.24, 2.45) is 0 Å². The predicted molar refractivity (Wildman–Crippen MR) is 131 cm³/mol. The van der Waals surface area contributed by atoms with Crippen LogP contribution in [0.5, 0.6) is 0 Å². The number of rotatable bonds is 4. The lowest BCUT2D eigenvalue weighted by Gasteiger charge is -2.13. The van der Waals surface area contributed by atoms with Crippen molar-refractivity contribution in [2.45, 2.75) is 6.18 Å². The first kappa shape index (κ1) is 23.3. The van der Waals surface area contributed by atoms with Gasteiger partial charge in [0.2, 0.25) is 0 Å². The summed E-state index contributed by atoms with van der Waals surface area (Å²) in [7, 11) is 0.